The normalized spacial score (nSPS) is 30.0. The second kappa shape index (κ2) is 4.99. The van der Waals surface area contributed by atoms with Crippen molar-refractivity contribution in [2.75, 3.05) is 18.0 Å². The maximum atomic E-state index is 2.66. The number of nitrogens with zero attached hydrogens (tertiary/aromatic N) is 1. The molecule has 0 radical (unpaired) electrons. The first-order valence-electron chi connectivity index (χ1n) is 8.50. The van der Waals surface area contributed by atoms with Crippen LogP contribution >= 0.6 is 0 Å². The summed E-state index contributed by atoms with van der Waals surface area (Å²) in [5.74, 6) is 0.809. The lowest BCUT2D eigenvalue weighted by Crippen LogP contribution is -2.67. The Kier molecular flexibility index (Phi) is 3.19. The van der Waals surface area contributed by atoms with Crippen LogP contribution in [-0.2, 0) is 0 Å². The number of aryl methyl sites for hydroxylation is 1. The van der Waals surface area contributed by atoms with Crippen LogP contribution < -0.4 is 15.3 Å². The molecule has 1 fully saturated rings. The zero-order chi connectivity index (χ0) is 15.3. The Morgan fingerprint density at radius 3 is 2.59 bits per heavy atom. The molecule has 0 N–H and O–H groups in total. The zero-order valence-electron chi connectivity index (χ0n) is 13.8. The van der Waals surface area contributed by atoms with Crippen molar-refractivity contribution in [1.29, 1.82) is 0 Å². The molecular weight excluding hydrogens is 282 g/mol. The Bertz CT molecular complexity index is 696. The first-order valence-corrected chi connectivity index (χ1v) is 11.1. The summed E-state index contributed by atoms with van der Waals surface area (Å²) in [6.07, 6.45) is 1.39. The largest absolute Gasteiger partial charge is 0.371 e. The van der Waals surface area contributed by atoms with Gasteiger partial charge in [-0.1, -0.05) is 66.7 Å². The second-order valence-electron chi connectivity index (χ2n) is 7.53. The van der Waals surface area contributed by atoms with Gasteiger partial charge in [-0.15, -0.1) is 0 Å². The third kappa shape index (κ3) is 1.97. The van der Waals surface area contributed by atoms with E-state index in [1.807, 2.05) is 0 Å². The summed E-state index contributed by atoms with van der Waals surface area (Å²) in [6.45, 7) is 9.77. The lowest BCUT2D eigenvalue weighted by atomic mass is 9.98. The van der Waals surface area contributed by atoms with Gasteiger partial charge in [0.1, 0.15) is 8.07 Å². The topological polar surface area (TPSA) is 3.24 Å². The van der Waals surface area contributed by atoms with Gasteiger partial charge in [0.2, 0.25) is 0 Å². The van der Waals surface area contributed by atoms with Crippen molar-refractivity contribution in [1.82, 2.24) is 0 Å². The maximum Gasteiger partial charge on any atom is 0.122 e. The number of hydrogen-bond donors (Lipinski definition) is 0. The molecule has 2 aliphatic rings. The molecule has 0 aromatic heterocycles. The monoisotopic (exact) mass is 307 g/mol. The van der Waals surface area contributed by atoms with Crippen molar-refractivity contribution in [3.8, 4) is 0 Å². The molecule has 2 aliphatic heterocycles. The summed E-state index contributed by atoms with van der Waals surface area (Å²) in [5, 5.41) is 3.28. The van der Waals surface area contributed by atoms with Crippen LogP contribution in [0.15, 0.2) is 48.5 Å². The molecule has 22 heavy (non-hydrogen) atoms. The molecule has 0 saturated carbocycles. The Hall–Kier alpha value is -1.54. The summed E-state index contributed by atoms with van der Waals surface area (Å²) in [7, 11) is -1.67. The maximum absolute atomic E-state index is 2.66. The van der Waals surface area contributed by atoms with Crippen molar-refractivity contribution in [3.05, 3.63) is 54.1 Å². The molecule has 3 unspecified atom stereocenters. The van der Waals surface area contributed by atoms with Gasteiger partial charge in [-0.2, -0.15) is 0 Å². The van der Waals surface area contributed by atoms with Crippen LogP contribution in [0.3, 0.4) is 0 Å². The number of anilines is 1. The van der Waals surface area contributed by atoms with Crippen molar-refractivity contribution in [2.24, 2.45) is 5.92 Å². The van der Waals surface area contributed by atoms with Gasteiger partial charge in [0.05, 0.1) is 0 Å². The van der Waals surface area contributed by atoms with E-state index in [4.69, 9.17) is 0 Å². The van der Waals surface area contributed by atoms with Crippen molar-refractivity contribution >= 4 is 24.1 Å². The van der Waals surface area contributed by atoms with Gasteiger partial charge in [-0.3, -0.25) is 0 Å². The molecule has 0 amide bonds. The van der Waals surface area contributed by atoms with Gasteiger partial charge in [-0.05, 0) is 36.1 Å². The van der Waals surface area contributed by atoms with Gasteiger partial charge in [0.15, 0.2) is 0 Å². The molecular formula is C20H25NSi. The minimum absolute atomic E-state index is 0.809. The standard InChI is InChI=1S/C20H25NSi/c1-15-9-10-19-20(12-15)22(3,17-7-5-4-6-8-17)18-11-16(2)13-21(19)14-18/h4-10,12,16,18H,11,13-14H2,1-3H3. The highest BCUT2D eigenvalue weighted by molar-refractivity contribution is 7.03. The van der Waals surface area contributed by atoms with Gasteiger partial charge < -0.3 is 4.90 Å². The van der Waals surface area contributed by atoms with E-state index in [9.17, 15) is 0 Å². The van der Waals surface area contributed by atoms with E-state index in [-0.39, 0.29) is 0 Å². The predicted octanol–water partition coefficient (Wildman–Crippen LogP) is 3.42. The Balaban J connectivity index is 1.97. The summed E-state index contributed by atoms with van der Waals surface area (Å²) in [5.41, 5.74) is 3.77. The lowest BCUT2D eigenvalue weighted by Gasteiger charge is -2.52. The fourth-order valence-corrected chi connectivity index (χ4v) is 9.57. The molecule has 2 heterocycles. The lowest BCUT2D eigenvalue weighted by molar-refractivity contribution is 0.437. The molecule has 4 rings (SSSR count). The van der Waals surface area contributed by atoms with Crippen molar-refractivity contribution in [2.45, 2.75) is 32.4 Å². The van der Waals surface area contributed by atoms with Crippen LogP contribution in [0.2, 0.25) is 12.1 Å². The summed E-state index contributed by atoms with van der Waals surface area (Å²) in [6, 6.07) is 18.5. The Labute approximate surface area is 135 Å². The predicted molar refractivity (Wildman–Crippen MR) is 98.3 cm³/mol. The van der Waals surface area contributed by atoms with Crippen molar-refractivity contribution < 1.29 is 0 Å². The van der Waals surface area contributed by atoms with Crippen LogP contribution in [0.25, 0.3) is 0 Å². The molecule has 0 spiro atoms. The second-order valence-corrected chi connectivity index (χ2v) is 11.9. The van der Waals surface area contributed by atoms with Crippen LogP contribution in [0.4, 0.5) is 5.69 Å². The minimum atomic E-state index is -1.67. The number of rotatable bonds is 1. The first kappa shape index (κ1) is 14.1. The molecule has 1 saturated heterocycles. The smallest absolute Gasteiger partial charge is 0.122 e. The van der Waals surface area contributed by atoms with E-state index < -0.39 is 8.07 Å². The minimum Gasteiger partial charge on any atom is -0.371 e. The number of fused-ring (bicyclic) bond motifs is 4. The van der Waals surface area contributed by atoms with E-state index in [2.05, 4.69) is 73.8 Å². The Morgan fingerprint density at radius 1 is 1.05 bits per heavy atom. The van der Waals surface area contributed by atoms with Crippen LogP contribution in [0.1, 0.15) is 18.9 Å². The SMILES string of the molecule is Cc1ccc2c(c1)[Si](C)(c1ccccc1)C1CC(C)CN2C1. The van der Waals surface area contributed by atoms with Gasteiger partial charge in [0, 0.05) is 18.8 Å². The molecule has 3 atom stereocenters. The van der Waals surface area contributed by atoms with Gasteiger partial charge in [-0.25, -0.2) is 0 Å². The number of piperidine rings is 1. The third-order valence-corrected chi connectivity index (χ3v) is 11.0. The van der Waals surface area contributed by atoms with Gasteiger partial charge >= 0.3 is 0 Å². The van der Waals surface area contributed by atoms with E-state index in [0.29, 0.717) is 0 Å². The molecule has 2 aromatic rings. The third-order valence-electron chi connectivity index (χ3n) is 5.90. The van der Waals surface area contributed by atoms with E-state index in [0.717, 1.165) is 11.5 Å². The molecule has 2 bridgehead atoms. The fourth-order valence-electron chi connectivity index (χ4n) is 4.70. The Morgan fingerprint density at radius 2 is 1.82 bits per heavy atom. The zero-order valence-corrected chi connectivity index (χ0v) is 14.8. The van der Waals surface area contributed by atoms with E-state index in [1.165, 1.54) is 30.8 Å². The highest BCUT2D eigenvalue weighted by Crippen LogP contribution is 2.41. The average molecular weight is 308 g/mol. The molecule has 0 aliphatic carbocycles. The molecule has 114 valence electrons. The quantitative estimate of drug-likeness (QED) is 0.730. The van der Waals surface area contributed by atoms with Gasteiger partial charge in [0.25, 0.3) is 0 Å². The van der Waals surface area contributed by atoms with Crippen LogP contribution in [0, 0.1) is 12.8 Å². The summed E-state index contributed by atoms with van der Waals surface area (Å²) >= 11 is 0. The molecule has 1 nitrogen and oxygen atoms in total. The summed E-state index contributed by atoms with van der Waals surface area (Å²) in [4.78, 5) is 2.66. The number of hydrogen-bond acceptors (Lipinski definition) is 1. The van der Waals surface area contributed by atoms with Crippen molar-refractivity contribution in [3.63, 3.8) is 0 Å². The number of benzene rings is 2. The van der Waals surface area contributed by atoms with E-state index in [1.54, 1.807) is 10.4 Å². The van der Waals surface area contributed by atoms with Crippen LogP contribution in [0.5, 0.6) is 0 Å². The summed E-state index contributed by atoms with van der Waals surface area (Å²) < 4.78 is 0. The highest BCUT2D eigenvalue weighted by Gasteiger charge is 2.48. The molecule has 2 aromatic carbocycles. The van der Waals surface area contributed by atoms with Crippen LogP contribution in [-0.4, -0.2) is 21.2 Å². The fraction of sp³-hybridized carbons (Fsp3) is 0.400. The van der Waals surface area contributed by atoms with E-state index >= 15 is 0 Å². The molecule has 2 heteroatoms. The highest BCUT2D eigenvalue weighted by atomic mass is 28.3. The first-order chi connectivity index (χ1) is 10.6. The average Bonchev–Trinajstić information content (AvgIpc) is 2.53.